The molecule has 7 nitrogen and oxygen atoms in total. The third-order valence-electron chi connectivity index (χ3n) is 5.33. The van der Waals surface area contributed by atoms with Crippen LogP contribution in [0.3, 0.4) is 0 Å². The molecule has 1 aromatic heterocycles. The maximum atomic E-state index is 13.4. The van der Waals surface area contributed by atoms with Gasteiger partial charge in [0.05, 0.1) is 25.5 Å². The van der Waals surface area contributed by atoms with Gasteiger partial charge in [0.15, 0.2) is 11.5 Å². The van der Waals surface area contributed by atoms with Crippen LogP contribution in [0.1, 0.15) is 40.2 Å². The Hall–Kier alpha value is -3.53. The Balaban J connectivity index is 1.59. The van der Waals surface area contributed by atoms with Crippen molar-refractivity contribution in [2.24, 2.45) is 0 Å². The largest absolute Gasteiger partial charge is 0.493 e. The Morgan fingerprint density at radius 1 is 1.19 bits per heavy atom. The lowest BCUT2D eigenvalue weighted by Crippen LogP contribution is -2.23. The zero-order valence-electron chi connectivity index (χ0n) is 17.0. The zero-order valence-corrected chi connectivity index (χ0v) is 17.0. The molecule has 1 amide bonds. The summed E-state index contributed by atoms with van der Waals surface area (Å²) in [5.74, 6) is 0.735. The Morgan fingerprint density at radius 3 is 2.72 bits per heavy atom. The lowest BCUT2D eigenvalue weighted by Gasteiger charge is -2.23. The fourth-order valence-corrected chi connectivity index (χ4v) is 3.73. The molecule has 3 aromatic rings. The number of rotatable bonds is 6. The molecule has 4 rings (SSSR count). The van der Waals surface area contributed by atoms with E-state index >= 15 is 0 Å². The molecule has 1 unspecified atom stereocenters. The predicted octanol–water partition coefficient (Wildman–Crippen LogP) is 3.98. The molecule has 3 N–H and O–H groups in total. The van der Waals surface area contributed by atoms with E-state index in [1.54, 1.807) is 24.4 Å². The lowest BCUT2D eigenvalue weighted by molar-refractivity contribution is -0.138. The number of nitrogens with zero attached hydrogens (tertiary/aromatic N) is 1. The number of aromatic amines is 1. The summed E-state index contributed by atoms with van der Waals surface area (Å²) in [5.41, 5.74) is 0.861. The third kappa shape index (κ3) is 4.26. The van der Waals surface area contributed by atoms with E-state index in [1.165, 1.54) is 19.2 Å². The van der Waals surface area contributed by atoms with Crippen molar-refractivity contribution in [2.75, 3.05) is 12.4 Å². The van der Waals surface area contributed by atoms with Crippen LogP contribution in [0, 0.1) is 0 Å². The van der Waals surface area contributed by atoms with Gasteiger partial charge in [-0.1, -0.05) is 18.2 Å². The van der Waals surface area contributed by atoms with Gasteiger partial charge in [0.25, 0.3) is 0 Å². The summed E-state index contributed by atoms with van der Waals surface area (Å²) in [6.45, 7) is -0.828. The fraction of sp³-hybridized carbons (Fsp3) is 0.273. The van der Waals surface area contributed by atoms with Crippen LogP contribution in [-0.2, 0) is 24.2 Å². The number of fused-ring (bicyclic) bond motifs is 1. The first-order valence-electron chi connectivity index (χ1n) is 9.74. The fourth-order valence-electron chi connectivity index (χ4n) is 3.73. The first kappa shape index (κ1) is 21.7. The van der Waals surface area contributed by atoms with E-state index in [9.17, 15) is 18.0 Å². The van der Waals surface area contributed by atoms with Crippen molar-refractivity contribution in [3.05, 3.63) is 70.4 Å². The van der Waals surface area contributed by atoms with Crippen molar-refractivity contribution in [1.29, 1.82) is 0 Å². The molecule has 0 bridgehead atoms. The molecule has 0 saturated heterocycles. The van der Waals surface area contributed by atoms with Crippen molar-refractivity contribution >= 4 is 11.7 Å². The van der Waals surface area contributed by atoms with Crippen LogP contribution in [0.2, 0.25) is 0 Å². The number of aliphatic hydroxyl groups is 1. The van der Waals surface area contributed by atoms with Crippen molar-refractivity contribution in [1.82, 2.24) is 10.2 Å². The first-order valence-corrected chi connectivity index (χ1v) is 9.74. The third-order valence-corrected chi connectivity index (χ3v) is 5.33. The Morgan fingerprint density at radius 2 is 2.00 bits per heavy atom. The summed E-state index contributed by atoms with van der Waals surface area (Å²) in [6.07, 6.45) is -2.71. The van der Waals surface area contributed by atoms with E-state index in [4.69, 9.17) is 14.6 Å². The topological polar surface area (TPSA) is 96.5 Å². The molecule has 32 heavy (non-hydrogen) atoms. The van der Waals surface area contributed by atoms with E-state index in [0.29, 0.717) is 11.6 Å². The number of hydrogen-bond donors (Lipinski definition) is 3. The van der Waals surface area contributed by atoms with E-state index in [1.807, 2.05) is 0 Å². The number of benzene rings is 2. The van der Waals surface area contributed by atoms with Gasteiger partial charge in [-0.05, 0) is 29.3 Å². The van der Waals surface area contributed by atoms with Gasteiger partial charge < -0.3 is 19.9 Å². The molecule has 10 heteroatoms. The summed E-state index contributed by atoms with van der Waals surface area (Å²) in [5, 5.41) is 18.6. The molecule has 2 heterocycles. The highest BCUT2D eigenvalue weighted by Crippen LogP contribution is 2.40. The van der Waals surface area contributed by atoms with Gasteiger partial charge in [0, 0.05) is 23.5 Å². The van der Waals surface area contributed by atoms with Crippen molar-refractivity contribution in [3.63, 3.8) is 0 Å². The number of halogens is 3. The quantitative estimate of drug-likeness (QED) is 0.531. The molecular weight excluding hydrogens is 427 g/mol. The normalized spacial score (nSPS) is 15.8. The highest BCUT2D eigenvalue weighted by atomic mass is 19.4. The number of amides is 1. The van der Waals surface area contributed by atoms with E-state index in [-0.39, 0.29) is 41.7 Å². The minimum absolute atomic E-state index is 0.0622. The Bertz CT molecular complexity index is 1140. The van der Waals surface area contributed by atoms with Crippen LogP contribution in [0.25, 0.3) is 0 Å². The van der Waals surface area contributed by atoms with Crippen LogP contribution < -0.4 is 14.8 Å². The van der Waals surface area contributed by atoms with E-state index in [0.717, 1.165) is 17.2 Å². The van der Waals surface area contributed by atoms with Gasteiger partial charge in [-0.3, -0.25) is 9.89 Å². The number of H-pyrrole nitrogens is 1. The van der Waals surface area contributed by atoms with E-state index in [2.05, 4.69) is 15.5 Å². The first-order chi connectivity index (χ1) is 15.3. The highest BCUT2D eigenvalue weighted by molar-refractivity contribution is 5.94. The molecular formula is C22H20F3N3O4. The molecule has 0 spiro atoms. The van der Waals surface area contributed by atoms with Crippen LogP contribution in [0.5, 0.6) is 11.5 Å². The number of aliphatic hydroxyl groups excluding tert-OH is 1. The number of alkyl halides is 3. The van der Waals surface area contributed by atoms with Crippen LogP contribution >= 0.6 is 0 Å². The number of anilines is 1. The molecule has 0 aliphatic carbocycles. The molecule has 0 fully saturated rings. The SMILES string of the molecule is COc1cc(C2CC(=O)Nc3[nH]ncc32)ccc1OCc1ccc(CO)cc1C(F)(F)F. The standard InChI is InChI=1S/C22H20F3N3O4/c1-31-19-7-13(15-8-20(30)27-21-16(15)9-26-28-21)4-5-18(19)32-11-14-3-2-12(10-29)6-17(14)22(23,24)25/h2-7,9,15,29H,8,10-11H2,1H3,(H2,26,27,28,30). The molecule has 1 aliphatic rings. The van der Waals surface area contributed by atoms with Gasteiger partial charge in [-0.2, -0.15) is 18.3 Å². The number of carbonyl (C=O) groups excluding carboxylic acids is 1. The van der Waals surface area contributed by atoms with Crippen LogP contribution in [0.4, 0.5) is 19.0 Å². The number of carbonyl (C=O) groups is 1. The maximum Gasteiger partial charge on any atom is 0.416 e. The molecule has 2 aromatic carbocycles. The maximum absolute atomic E-state index is 13.4. The summed E-state index contributed by atoms with van der Waals surface area (Å²) in [4.78, 5) is 12.0. The monoisotopic (exact) mass is 447 g/mol. The van der Waals surface area contributed by atoms with Gasteiger partial charge in [-0.15, -0.1) is 0 Å². The number of aromatic nitrogens is 2. The predicted molar refractivity (Wildman–Crippen MR) is 108 cm³/mol. The highest BCUT2D eigenvalue weighted by Gasteiger charge is 2.34. The zero-order chi connectivity index (χ0) is 22.9. The average molecular weight is 447 g/mol. The van der Waals surface area contributed by atoms with Crippen molar-refractivity contribution in [2.45, 2.75) is 31.7 Å². The molecule has 1 aliphatic heterocycles. The molecule has 0 radical (unpaired) electrons. The van der Waals surface area contributed by atoms with Crippen LogP contribution in [0.15, 0.2) is 42.6 Å². The van der Waals surface area contributed by atoms with Gasteiger partial charge >= 0.3 is 6.18 Å². The van der Waals surface area contributed by atoms with Gasteiger partial charge in [0.1, 0.15) is 12.4 Å². The second kappa shape index (κ2) is 8.54. The van der Waals surface area contributed by atoms with Crippen molar-refractivity contribution in [3.8, 4) is 11.5 Å². The minimum Gasteiger partial charge on any atom is -0.493 e. The molecule has 168 valence electrons. The molecule has 0 saturated carbocycles. The summed E-state index contributed by atoms with van der Waals surface area (Å²) >= 11 is 0. The van der Waals surface area contributed by atoms with Gasteiger partial charge in [0.2, 0.25) is 5.91 Å². The number of nitrogens with one attached hydrogen (secondary N) is 2. The number of ether oxygens (including phenoxy) is 2. The summed E-state index contributed by atoms with van der Waals surface area (Å²) < 4.78 is 51.3. The van der Waals surface area contributed by atoms with Crippen LogP contribution in [-0.4, -0.2) is 28.3 Å². The van der Waals surface area contributed by atoms with E-state index < -0.39 is 18.3 Å². The molecule has 1 atom stereocenters. The Kier molecular flexibility index (Phi) is 5.79. The van der Waals surface area contributed by atoms with Crippen molar-refractivity contribution < 1.29 is 32.5 Å². The second-order valence-electron chi connectivity index (χ2n) is 7.35. The summed E-state index contributed by atoms with van der Waals surface area (Å²) in [7, 11) is 1.43. The lowest BCUT2D eigenvalue weighted by atomic mass is 9.87. The second-order valence-corrected chi connectivity index (χ2v) is 7.35. The van der Waals surface area contributed by atoms with Gasteiger partial charge in [-0.25, -0.2) is 0 Å². The average Bonchev–Trinajstić information content (AvgIpc) is 3.24. The smallest absolute Gasteiger partial charge is 0.416 e. The number of hydrogen-bond acceptors (Lipinski definition) is 5. The minimum atomic E-state index is -4.58. The number of methoxy groups -OCH3 is 1. The Labute approximate surface area is 181 Å². The summed E-state index contributed by atoms with van der Waals surface area (Å²) in [6, 6.07) is 8.68.